The molecular weight excluding hydrogens is 442 g/mol. The van der Waals surface area contributed by atoms with Gasteiger partial charge in [-0.25, -0.2) is 0 Å². The third kappa shape index (κ3) is 3.39. The number of rotatable bonds is 4. The fourth-order valence-electron chi connectivity index (χ4n) is 4.90. The van der Waals surface area contributed by atoms with E-state index in [4.69, 9.17) is 4.52 Å². The minimum atomic E-state index is 0.518. The molecule has 36 heavy (non-hydrogen) atoms. The zero-order valence-corrected chi connectivity index (χ0v) is 19.4. The predicted octanol–water partition coefficient (Wildman–Crippen LogP) is 8.17. The number of para-hydroxylation sites is 2. The number of nitrogens with zero attached hydrogens (tertiary/aromatic N) is 3. The van der Waals surface area contributed by atoms with Crippen molar-refractivity contribution in [3.05, 3.63) is 127 Å². The molecule has 2 heterocycles. The molecule has 5 aromatic carbocycles. The van der Waals surface area contributed by atoms with E-state index in [1.807, 2.05) is 42.5 Å². The van der Waals surface area contributed by atoms with E-state index in [0.717, 1.165) is 27.9 Å². The van der Waals surface area contributed by atoms with Gasteiger partial charge in [-0.05, 0) is 53.6 Å². The quantitative estimate of drug-likeness (QED) is 0.264. The van der Waals surface area contributed by atoms with Crippen LogP contribution in [0.5, 0.6) is 0 Å². The number of fused-ring (bicyclic) bond motifs is 3. The van der Waals surface area contributed by atoms with Crippen LogP contribution < -0.4 is 0 Å². The average Bonchev–Trinajstić information content (AvgIpc) is 3.58. The van der Waals surface area contributed by atoms with Crippen molar-refractivity contribution in [2.45, 2.75) is 0 Å². The Bertz CT molecular complexity index is 1790. The van der Waals surface area contributed by atoms with E-state index in [-0.39, 0.29) is 0 Å². The summed E-state index contributed by atoms with van der Waals surface area (Å²) in [6, 6.07) is 43.9. The second-order valence-corrected chi connectivity index (χ2v) is 8.79. The van der Waals surface area contributed by atoms with Crippen molar-refractivity contribution in [2.75, 3.05) is 0 Å². The molecule has 7 rings (SSSR count). The lowest BCUT2D eigenvalue weighted by molar-refractivity contribution is 0.432. The molecule has 0 radical (unpaired) electrons. The van der Waals surface area contributed by atoms with Crippen LogP contribution in [0.2, 0.25) is 0 Å². The molecular formula is C32H21N3O. The monoisotopic (exact) mass is 463 g/mol. The van der Waals surface area contributed by atoms with E-state index in [9.17, 15) is 0 Å². The molecule has 0 atom stereocenters. The Morgan fingerprint density at radius 3 is 1.83 bits per heavy atom. The maximum Gasteiger partial charge on any atom is 0.258 e. The molecule has 0 spiro atoms. The van der Waals surface area contributed by atoms with Crippen molar-refractivity contribution in [3.63, 3.8) is 0 Å². The Morgan fingerprint density at radius 2 is 1.08 bits per heavy atom. The van der Waals surface area contributed by atoms with Crippen LogP contribution >= 0.6 is 0 Å². The van der Waals surface area contributed by atoms with E-state index in [1.165, 1.54) is 21.8 Å². The van der Waals surface area contributed by atoms with Gasteiger partial charge in [-0.2, -0.15) is 4.98 Å². The molecule has 0 unspecified atom stereocenters. The predicted molar refractivity (Wildman–Crippen MR) is 145 cm³/mol. The fraction of sp³-hybridized carbons (Fsp3) is 0. The molecule has 170 valence electrons. The summed E-state index contributed by atoms with van der Waals surface area (Å²) in [5.41, 5.74) is 7.58. The second-order valence-electron chi connectivity index (χ2n) is 8.79. The summed E-state index contributed by atoms with van der Waals surface area (Å²) in [5.74, 6) is 1.10. The van der Waals surface area contributed by atoms with E-state index in [1.54, 1.807) is 0 Å². The Labute approximate surface area is 208 Å². The third-order valence-corrected chi connectivity index (χ3v) is 6.59. The van der Waals surface area contributed by atoms with Gasteiger partial charge in [0.15, 0.2) is 0 Å². The van der Waals surface area contributed by atoms with Gasteiger partial charge in [-0.15, -0.1) is 0 Å². The van der Waals surface area contributed by atoms with Gasteiger partial charge in [0.2, 0.25) is 5.82 Å². The summed E-state index contributed by atoms with van der Waals surface area (Å²) in [6.07, 6.45) is 0. The molecule has 0 N–H and O–H groups in total. The first-order chi connectivity index (χ1) is 17.8. The van der Waals surface area contributed by atoms with Crippen LogP contribution in [0, 0.1) is 0 Å². The van der Waals surface area contributed by atoms with Gasteiger partial charge in [0.05, 0.1) is 11.0 Å². The van der Waals surface area contributed by atoms with E-state index >= 15 is 0 Å². The maximum atomic E-state index is 5.54. The molecule has 0 bridgehead atoms. The molecule has 4 heteroatoms. The van der Waals surface area contributed by atoms with Gasteiger partial charge in [-0.3, -0.25) is 0 Å². The van der Waals surface area contributed by atoms with Crippen LogP contribution in [0.25, 0.3) is 61.5 Å². The van der Waals surface area contributed by atoms with Gasteiger partial charge in [0.25, 0.3) is 5.89 Å². The highest BCUT2D eigenvalue weighted by Gasteiger charge is 2.13. The summed E-state index contributed by atoms with van der Waals surface area (Å²) in [7, 11) is 0. The van der Waals surface area contributed by atoms with Gasteiger partial charge in [0, 0.05) is 27.6 Å². The highest BCUT2D eigenvalue weighted by molar-refractivity contribution is 6.09. The molecule has 2 aromatic heterocycles. The lowest BCUT2D eigenvalue weighted by Crippen LogP contribution is -1.94. The van der Waals surface area contributed by atoms with Crippen molar-refractivity contribution < 1.29 is 4.52 Å². The third-order valence-electron chi connectivity index (χ3n) is 6.59. The second kappa shape index (κ2) is 8.36. The Hall–Kier alpha value is -4.96. The summed E-state index contributed by atoms with van der Waals surface area (Å²) in [5, 5.41) is 6.75. The summed E-state index contributed by atoms with van der Waals surface area (Å²) in [4.78, 5) is 4.63. The van der Waals surface area contributed by atoms with Crippen molar-refractivity contribution in [3.8, 4) is 39.7 Å². The molecule has 0 amide bonds. The zero-order chi connectivity index (χ0) is 23.9. The van der Waals surface area contributed by atoms with Crippen molar-refractivity contribution in [1.29, 1.82) is 0 Å². The number of aromatic nitrogens is 3. The smallest absolute Gasteiger partial charge is 0.258 e. The van der Waals surface area contributed by atoms with Gasteiger partial charge in [0.1, 0.15) is 0 Å². The molecule has 0 aliphatic rings. The first kappa shape index (κ1) is 20.4. The number of hydrogen-bond acceptors (Lipinski definition) is 3. The highest BCUT2D eigenvalue weighted by Crippen LogP contribution is 2.33. The van der Waals surface area contributed by atoms with E-state index < -0.39 is 0 Å². The zero-order valence-electron chi connectivity index (χ0n) is 19.4. The van der Waals surface area contributed by atoms with Crippen LogP contribution in [0.15, 0.2) is 132 Å². The summed E-state index contributed by atoms with van der Waals surface area (Å²) in [6.45, 7) is 0. The molecule has 4 nitrogen and oxygen atoms in total. The van der Waals surface area contributed by atoms with Crippen molar-refractivity contribution in [1.82, 2.24) is 14.7 Å². The maximum absolute atomic E-state index is 5.54. The van der Waals surface area contributed by atoms with E-state index in [2.05, 4.69) is 99.6 Å². The van der Waals surface area contributed by atoms with Gasteiger partial charge in [-0.1, -0.05) is 90.1 Å². The Kier molecular flexibility index (Phi) is 4.74. The van der Waals surface area contributed by atoms with Crippen LogP contribution in [-0.2, 0) is 0 Å². The topological polar surface area (TPSA) is 43.9 Å². The molecule has 0 saturated carbocycles. The lowest BCUT2D eigenvalue weighted by atomic mass is 10.0. The Morgan fingerprint density at radius 1 is 0.500 bits per heavy atom. The lowest BCUT2D eigenvalue weighted by Gasteiger charge is -2.10. The molecule has 0 aliphatic heterocycles. The number of benzene rings is 5. The van der Waals surface area contributed by atoms with Crippen LogP contribution in [0.4, 0.5) is 0 Å². The minimum Gasteiger partial charge on any atom is -0.334 e. The first-order valence-corrected chi connectivity index (χ1v) is 11.9. The van der Waals surface area contributed by atoms with Crippen molar-refractivity contribution in [2.24, 2.45) is 0 Å². The minimum absolute atomic E-state index is 0.518. The van der Waals surface area contributed by atoms with Gasteiger partial charge >= 0.3 is 0 Å². The normalized spacial score (nSPS) is 11.3. The first-order valence-electron chi connectivity index (χ1n) is 11.9. The Balaban J connectivity index is 1.31. The number of hydrogen-bond donors (Lipinski definition) is 0. The van der Waals surface area contributed by atoms with Crippen molar-refractivity contribution >= 4 is 21.8 Å². The summed E-state index contributed by atoms with van der Waals surface area (Å²) < 4.78 is 7.87. The van der Waals surface area contributed by atoms with Crippen LogP contribution in [0.3, 0.4) is 0 Å². The van der Waals surface area contributed by atoms with Gasteiger partial charge < -0.3 is 9.09 Å². The average molecular weight is 464 g/mol. The standard InChI is InChI=1S/C32H21N3O/c1-2-10-22(11-3-1)32-33-31(34-36-32)25-14-8-12-23(20-25)24-13-9-15-26(21-24)35-29-18-6-4-16-27(29)28-17-5-7-19-30(28)35/h1-21H. The molecule has 0 aliphatic carbocycles. The molecule has 7 aromatic rings. The van der Waals surface area contributed by atoms with Crippen LogP contribution in [0.1, 0.15) is 0 Å². The molecule has 0 fully saturated rings. The van der Waals surface area contributed by atoms with E-state index in [0.29, 0.717) is 11.7 Å². The van der Waals surface area contributed by atoms with Crippen LogP contribution in [-0.4, -0.2) is 14.7 Å². The molecule has 0 saturated heterocycles. The SMILES string of the molecule is c1ccc(-c2nc(-c3cccc(-c4cccc(-n5c6ccccc6c6ccccc65)c4)c3)no2)cc1. The highest BCUT2D eigenvalue weighted by atomic mass is 16.5. The largest absolute Gasteiger partial charge is 0.334 e. The summed E-state index contributed by atoms with van der Waals surface area (Å²) >= 11 is 0. The fourth-order valence-corrected chi connectivity index (χ4v) is 4.90.